The molecule has 1 atom stereocenters. The Morgan fingerprint density at radius 2 is 2.23 bits per heavy atom. The van der Waals surface area contributed by atoms with Gasteiger partial charge in [-0.05, 0) is 37.1 Å². The molecule has 1 heterocycles. The van der Waals surface area contributed by atoms with Gasteiger partial charge in [0.1, 0.15) is 5.75 Å². The van der Waals surface area contributed by atoms with Crippen LogP contribution in [0.1, 0.15) is 23.6 Å². The largest absolute Gasteiger partial charge is 0.496 e. The number of methoxy groups -OCH3 is 1. The van der Waals surface area contributed by atoms with E-state index >= 15 is 0 Å². The Kier molecular flexibility index (Phi) is 2.23. The van der Waals surface area contributed by atoms with Crippen molar-refractivity contribution >= 4 is 0 Å². The molecule has 0 radical (unpaired) electrons. The van der Waals surface area contributed by atoms with Crippen LogP contribution in [0.2, 0.25) is 0 Å². The normalized spacial score (nSPS) is 20.9. The average molecular weight is 177 g/mol. The molecule has 70 valence electrons. The Labute approximate surface area is 78.9 Å². The number of nitrogens with one attached hydrogen (secondary N) is 1. The fraction of sp³-hybridized carbons (Fsp3) is 0.455. The molecule has 1 fully saturated rings. The van der Waals surface area contributed by atoms with E-state index in [1.807, 2.05) is 6.07 Å². The van der Waals surface area contributed by atoms with Crippen LogP contribution < -0.4 is 10.1 Å². The van der Waals surface area contributed by atoms with Gasteiger partial charge in [-0.3, -0.25) is 0 Å². The molecule has 2 nitrogen and oxygen atoms in total. The Morgan fingerprint density at radius 1 is 1.46 bits per heavy atom. The van der Waals surface area contributed by atoms with E-state index in [1.54, 1.807) is 7.11 Å². The van der Waals surface area contributed by atoms with Gasteiger partial charge in [0.05, 0.1) is 7.11 Å². The molecule has 1 unspecified atom stereocenters. The van der Waals surface area contributed by atoms with Crippen molar-refractivity contribution in [2.45, 2.75) is 19.4 Å². The van der Waals surface area contributed by atoms with Gasteiger partial charge in [0.25, 0.3) is 0 Å². The highest BCUT2D eigenvalue weighted by Crippen LogP contribution is 2.30. The number of hydrogen-bond donors (Lipinski definition) is 1. The van der Waals surface area contributed by atoms with Crippen molar-refractivity contribution in [2.24, 2.45) is 0 Å². The van der Waals surface area contributed by atoms with Gasteiger partial charge >= 0.3 is 0 Å². The first-order chi connectivity index (χ1) is 6.33. The highest BCUT2D eigenvalue weighted by molar-refractivity contribution is 5.41. The number of hydrogen-bond acceptors (Lipinski definition) is 2. The molecular formula is C11H15NO. The van der Waals surface area contributed by atoms with Crippen LogP contribution >= 0.6 is 0 Å². The van der Waals surface area contributed by atoms with Crippen LogP contribution in [-0.2, 0) is 0 Å². The lowest BCUT2D eigenvalue weighted by molar-refractivity contribution is 0.375. The minimum Gasteiger partial charge on any atom is -0.496 e. The summed E-state index contributed by atoms with van der Waals surface area (Å²) in [6.45, 7) is 3.26. The Hall–Kier alpha value is -1.02. The van der Waals surface area contributed by atoms with Crippen LogP contribution in [-0.4, -0.2) is 13.7 Å². The van der Waals surface area contributed by atoms with E-state index in [0.29, 0.717) is 6.04 Å². The van der Waals surface area contributed by atoms with Crippen LogP contribution in [0.4, 0.5) is 0 Å². The predicted molar refractivity (Wildman–Crippen MR) is 53.1 cm³/mol. The maximum absolute atomic E-state index is 5.28. The standard InChI is InChI=1S/C11H15NO/c1-8-9(10-6-7-12-10)4-3-5-11(8)13-2/h3-5,10,12H,6-7H2,1-2H3. The Morgan fingerprint density at radius 3 is 2.77 bits per heavy atom. The minimum absolute atomic E-state index is 0.551. The molecule has 0 aliphatic carbocycles. The molecule has 1 aromatic carbocycles. The predicted octanol–water partition coefficient (Wildman–Crippen LogP) is 2.04. The van der Waals surface area contributed by atoms with Gasteiger partial charge in [-0.15, -0.1) is 0 Å². The molecule has 2 rings (SSSR count). The maximum atomic E-state index is 5.28. The lowest BCUT2D eigenvalue weighted by Gasteiger charge is -2.29. The molecule has 0 spiro atoms. The first-order valence-electron chi connectivity index (χ1n) is 4.70. The van der Waals surface area contributed by atoms with Crippen LogP contribution in [0, 0.1) is 6.92 Å². The smallest absolute Gasteiger partial charge is 0.122 e. The molecule has 2 heteroatoms. The van der Waals surface area contributed by atoms with E-state index in [1.165, 1.54) is 17.5 Å². The number of ether oxygens (including phenoxy) is 1. The van der Waals surface area contributed by atoms with Gasteiger partial charge in [-0.1, -0.05) is 12.1 Å². The fourth-order valence-corrected chi connectivity index (χ4v) is 1.78. The zero-order chi connectivity index (χ0) is 9.26. The second kappa shape index (κ2) is 3.38. The van der Waals surface area contributed by atoms with E-state index < -0.39 is 0 Å². The Balaban J connectivity index is 2.33. The quantitative estimate of drug-likeness (QED) is 0.746. The zero-order valence-electron chi connectivity index (χ0n) is 8.13. The van der Waals surface area contributed by atoms with Gasteiger partial charge < -0.3 is 10.1 Å². The van der Waals surface area contributed by atoms with E-state index in [0.717, 1.165) is 12.3 Å². The molecule has 1 aromatic rings. The number of benzene rings is 1. The second-order valence-corrected chi connectivity index (χ2v) is 3.47. The van der Waals surface area contributed by atoms with E-state index in [-0.39, 0.29) is 0 Å². The summed E-state index contributed by atoms with van der Waals surface area (Å²) in [7, 11) is 1.72. The van der Waals surface area contributed by atoms with Gasteiger partial charge in [-0.25, -0.2) is 0 Å². The van der Waals surface area contributed by atoms with Crippen molar-refractivity contribution in [3.05, 3.63) is 29.3 Å². The highest BCUT2D eigenvalue weighted by Gasteiger charge is 2.20. The van der Waals surface area contributed by atoms with Crippen molar-refractivity contribution in [3.63, 3.8) is 0 Å². The van der Waals surface area contributed by atoms with E-state index in [9.17, 15) is 0 Å². The first-order valence-corrected chi connectivity index (χ1v) is 4.70. The number of rotatable bonds is 2. The van der Waals surface area contributed by atoms with Gasteiger partial charge in [0.15, 0.2) is 0 Å². The van der Waals surface area contributed by atoms with Crippen LogP contribution in [0.5, 0.6) is 5.75 Å². The monoisotopic (exact) mass is 177 g/mol. The van der Waals surface area contributed by atoms with Crippen LogP contribution in [0.3, 0.4) is 0 Å². The summed E-state index contributed by atoms with van der Waals surface area (Å²) < 4.78 is 5.28. The molecule has 1 saturated heterocycles. The van der Waals surface area contributed by atoms with Gasteiger partial charge in [0, 0.05) is 6.04 Å². The summed E-state index contributed by atoms with van der Waals surface area (Å²) in [6, 6.07) is 6.79. The Bertz CT molecular complexity index is 305. The molecule has 1 N–H and O–H groups in total. The molecule has 0 bridgehead atoms. The fourth-order valence-electron chi connectivity index (χ4n) is 1.78. The summed E-state index contributed by atoms with van der Waals surface area (Å²) in [5.41, 5.74) is 2.65. The summed E-state index contributed by atoms with van der Waals surface area (Å²) in [6.07, 6.45) is 1.24. The summed E-state index contributed by atoms with van der Waals surface area (Å²) >= 11 is 0. The van der Waals surface area contributed by atoms with Gasteiger partial charge in [-0.2, -0.15) is 0 Å². The molecule has 0 aromatic heterocycles. The van der Waals surface area contributed by atoms with E-state index in [2.05, 4.69) is 24.4 Å². The molecule has 1 aliphatic heterocycles. The van der Waals surface area contributed by atoms with Gasteiger partial charge in [0.2, 0.25) is 0 Å². The third-order valence-electron chi connectivity index (χ3n) is 2.75. The van der Waals surface area contributed by atoms with Crippen molar-refractivity contribution in [1.29, 1.82) is 0 Å². The molecular weight excluding hydrogens is 162 g/mol. The van der Waals surface area contributed by atoms with Crippen molar-refractivity contribution in [2.75, 3.05) is 13.7 Å². The van der Waals surface area contributed by atoms with Crippen LogP contribution in [0.15, 0.2) is 18.2 Å². The lowest BCUT2D eigenvalue weighted by atomic mass is 9.94. The highest BCUT2D eigenvalue weighted by atomic mass is 16.5. The zero-order valence-corrected chi connectivity index (χ0v) is 8.13. The second-order valence-electron chi connectivity index (χ2n) is 3.47. The lowest BCUT2D eigenvalue weighted by Crippen LogP contribution is -2.35. The van der Waals surface area contributed by atoms with Crippen molar-refractivity contribution in [1.82, 2.24) is 5.32 Å². The maximum Gasteiger partial charge on any atom is 0.122 e. The van der Waals surface area contributed by atoms with E-state index in [4.69, 9.17) is 4.74 Å². The molecule has 13 heavy (non-hydrogen) atoms. The summed E-state index contributed by atoms with van der Waals surface area (Å²) in [4.78, 5) is 0. The SMILES string of the molecule is COc1cccc(C2CCN2)c1C. The molecule has 1 aliphatic rings. The average Bonchev–Trinajstić information content (AvgIpc) is 2.05. The topological polar surface area (TPSA) is 21.3 Å². The van der Waals surface area contributed by atoms with Crippen LogP contribution in [0.25, 0.3) is 0 Å². The summed E-state index contributed by atoms with van der Waals surface area (Å²) in [5.74, 6) is 0.992. The van der Waals surface area contributed by atoms with Crippen molar-refractivity contribution < 1.29 is 4.74 Å². The molecule has 0 amide bonds. The van der Waals surface area contributed by atoms with Crippen molar-refractivity contribution in [3.8, 4) is 5.75 Å². The summed E-state index contributed by atoms with van der Waals surface area (Å²) in [5, 5.41) is 3.40. The third kappa shape index (κ3) is 1.42. The first kappa shape index (κ1) is 8.57. The third-order valence-corrected chi connectivity index (χ3v) is 2.75. The minimum atomic E-state index is 0.551. The molecule has 0 saturated carbocycles.